The number of carbonyl (C=O) groups is 1. The lowest BCUT2D eigenvalue weighted by molar-refractivity contribution is -0.206. The van der Waals surface area contributed by atoms with Gasteiger partial charge in [-0.05, 0) is 22.9 Å². The van der Waals surface area contributed by atoms with Crippen LogP contribution in [0.15, 0.2) is 10.7 Å². The van der Waals surface area contributed by atoms with Gasteiger partial charge in [0.1, 0.15) is 4.60 Å². The number of carbonyl (C=O) groups excluding carboxylic acids is 1. The average Bonchev–Trinajstić information content (AvgIpc) is 2.70. The molecule has 5 nitrogen and oxygen atoms in total. The lowest BCUT2D eigenvalue weighted by Crippen LogP contribution is -2.43. The number of likely N-dealkylation sites (N-methyl/N-ethyl adjacent to an activating group) is 1. The molecule has 1 amide bonds. The van der Waals surface area contributed by atoms with Gasteiger partial charge in [0.05, 0.1) is 6.54 Å². The molecule has 102 valence electrons. The summed E-state index contributed by atoms with van der Waals surface area (Å²) in [5.74, 6) is -0.678. The number of hydrogen-bond acceptors (Lipinski definition) is 3. The third-order valence-electron chi connectivity index (χ3n) is 2.21. The summed E-state index contributed by atoms with van der Waals surface area (Å²) in [5.41, 5.74) is -0.0156. The lowest BCUT2D eigenvalue weighted by atomic mass is 10.3. The Morgan fingerprint density at radius 1 is 1.67 bits per heavy atom. The highest BCUT2D eigenvalue weighted by Gasteiger charge is 2.40. The Bertz CT molecular complexity index is 421. The van der Waals surface area contributed by atoms with Crippen molar-refractivity contribution in [3.63, 3.8) is 0 Å². The third kappa shape index (κ3) is 3.70. The quantitative estimate of drug-likeness (QED) is 0.880. The number of nitrogens with zero attached hydrogens (tertiary/aromatic N) is 2. The van der Waals surface area contributed by atoms with Crippen LogP contribution in [0.1, 0.15) is 17.4 Å². The van der Waals surface area contributed by atoms with Crippen molar-refractivity contribution < 1.29 is 23.1 Å². The van der Waals surface area contributed by atoms with Gasteiger partial charge < -0.3 is 10.0 Å². The Kier molecular flexibility index (Phi) is 4.74. The van der Waals surface area contributed by atoms with E-state index in [1.54, 1.807) is 0 Å². The molecular formula is C9H11BrF3N3O2. The van der Waals surface area contributed by atoms with E-state index in [-0.39, 0.29) is 12.2 Å². The van der Waals surface area contributed by atoms with Crippen molar-refractivity contribution in [2.45, 2.75) is 19.2 Å². The molecule has 0 aromatic carbocycles. The van der Waals surface area contributed by atoms with Gasteiger partial charge in [0.2, 0.25) is 0 Å². The highest BCUT2D eigenvalue weighted by Crippen LogP contribution is 2.21. The number of alkyl halides is 3. The van der Waals surface area contributed by atoms with E-state index < -0.39 is 24.7 Å². The number of nitrogens with one attached hydrogen (secondary N) is 1. The predicted octanol–water partition coefficient (Wildman–Crippen LogP) is 1.56. The molecule has 1 heterocycles. The lowest BCUT2D eigenvalue weighted by Gasteiger charge is -2.24. The number of aliphatic hydroxyl groups excluding tert-OH is 1. The fourth-order valence-corrected chi connectivity index (χ4v) is 1.54. The van der Waals surface area contributed by atoms with E-state index in [0.29, 0.717) is 4.60 Å². The van der Waals surface area contributed by atoms with Crippen molar-refractivity contribution in [1.29, 1.82) is 0 Å². The average molecular weight is 330 g/mol. The molecule has 0 unspecified atom stereocenters. The van der Waals surface area contributed by atoms with Gasteiger partial charge in [0, 0.05) is 12.6 Å². The Morgan fingerprint density at radius 3 is 2.67 bits per heavy atom. The standard InChI is InChI=1S/C9H11BrF3N3O2/c1-2-16(4-6(17)9(11,12)13)8(18)5-3-7(10)15-14-5/h3,6,17H,2,4H2,1H3,(H,14,15)/t6-/m0/s1. The number of halogens is 4. The Labute approximate surface area is 109 Å². The molecule has 0 radical (unpaired) electrons. The first-order valence-corrected chi connectivity index (χ1v) is 5.80. The zero-order chi connectivity index (χ0) is 13.9. The SMILES string of the molecule is CCN(C[C@H](O)C(F)(F)F)C(=O)c1cc(Br)[nH]n1. The first kappa shape index (κ1) is 15.0. The van der Waals surface area contributed by atoms with Gasteiger partial charge in [-0.15, -0.1) is 0 Å². The van der Waals surface area contributed by atoms with Crippen LogP contribution < -0.4 is 0 Å². The maximum atomic E-state index is 12.2. The van der Waals surface area contributed by atoms with Crippen molar-refractivity contribution >= 4 is 21.8 Å². The summed E-state index contributed by atoms with van der Waals surface area (Å²) in [7, 11) is 0. The predicted molar refractivity (Wildman–Crippen MR) is 59.9 cm³/mol. The van der Waals surface area contributed by atoms with Crippen molar-refractivity contribution in [3.8, 4) is 0 Å². The number of amides is 1. The van der Waals surface area contributed by atoms with E-state index in [0.717, 1.165) is 4.90 Å². The molecular weight excluding hydrogens is 319 g/mol. The first-order chi connectivity index (χ1) is 8.25. The first-order valence-electron chi connectivity index (χ1n) is 5.00. The smallest absolute Gasteiger partial charge is 0.382 e. The topological polar surface area (TPSA) is 69.2 Å². The maximum Gasteiger partial charge on any atom is 0.416 e. The number of H-pyrrole nitrogens is 1. The second kappa shape index (κ2) is 5.70. The van der Waals surface area contributed by atoms with Crippen LogP contribution in [-0.2, 0) is 0 Å². The molecule has 1 atom stereocenters. The zero-order valence-electron chi connectivity index (χ0n) is 9.33. The van der Waals surface area contributed by atoms with Crippen LogP contribution in [0.2, 0.25) is 0 Å². The highest BCUT2D eigenvalue weighted by atomic mass is 79.9. The number of rotatable bonds is 4. The van der Waals surface area contributed by atoms with E-state index >= 15 is 0 Å². The van der Waals surface area contributed by atoms with Crippen molar-refractivity contribution in [2.24, 2.45) is 0 Å². The van der Waals surface area contributed by atoms with E-state index in [1.165, 1.54) is 13.0 Å². The third-order valence-corrected chi connectivity index (χ3v) is 2.61. The van der Waals surface area contributed by atoms with Gasteiger partial charge in [-0.25, -0.2) is 0 Å². The monoisotopic (exact) mass is 329 g/mol. The number of aromatic amines is 1. The molecule has 1 aromatic rings. The Morgan fingerprint density at radius 2 is 2.28 bits per heavy atom. The summed E-state index contributed by atoms with van der Waals surface area (Å²) in [6.45, 7) is 0.739. The second-order valence-electron chi connectivity index (χ2n) is 3.50. The fraction of sp³-hybridized carbons (Fsp3) is 0.556. The minimum absolute atomic E-state index is 0.0156. The summed E-state index contributed by atoms with van der Waals surface area (Å²) in [5, 5.41) is 15.0. The molecule has 1 aromatic heterocycles. The molecule has 1 rings (SSSR count). The minimum atomic E-state index is -4.75. The number of aliphatic hydroxyl groups is 1. The van der Waals surface area contributed by atoms with Crippen molar-refractivity contribution in [2.75, 3.05) is 13.1 Å². The van der Waals surface area contributed by atoms with Gasteiger partial charge >= 0.3 is 6.18 Å². The van der Waals surface area contributed by atoms with Crippen LogP contribution in [0.5, 0.6) is 0 Å². The maximum absolute atomic E-state index is 12.2. The molecule has 0 aliphatic carbocycles. The Hall–Kier alpha value is -1.09. The molecule has 0 aliphatic rings. The summed E-state index contributed by atoms with van der Waals surface area (Å²) in [6.07, 6.45) is -7.32. The van der Waals surface area contributed by atoms with Gasteiger partial charge in [0.15, 0.2) is 11.8 Å². The highest BCUT2D eigenvalue weighted by molar-refractivity contribution is 9.10. The van der Waals surface area contributed by atoms with Crippen molar-refractivity contribution in [3.05, 3.63) is 16.4 Å². The van der Waals surface area contributed by atoms with Crippen LogP contribution in [0.25, 0.3) is 0 Å². The molecule has 0 fully saturated rings. The molecule has 2 N–H and O–H groups in total. The van der Waals surface area contributed by atoms with E-state index in [2.05, 4.69) is 26.1 Å². The molecule has 0 bridgehead atoms. The molecule has 0 saturated heterocycles. The van der Waals surface area contributed by atoms with E-state index in [1.807, 2.05) is 0 Å². The van der Waals surface area contributed by atoms with Crippen LogP contribution in [0, 0.1) is 0 Å². The summed E-state index contributed by atoms with van der Waals surface area (Å²) in [6, 6.07) is 1.35. The van der Waals surface area contributed by atoms with Crippen molar-refractivity contribution in [1.82, 2.24) is 15.1 Å². The van der Waals surface area contributed by atoms with Gasteiger partial charge in [-0.2, -0.15) is 18.3 Å². The molecule has 0 saturated carbocycles. The van der Waals surface area contributed by atoms with E-state index in [4.69, 9.17) is 5.11 Å². The van der Waals surface area contributed by atoms with Crippen LogP contribution in [0.3, 0.4) is 0 Å². The van der Waals surface area contributed by atoms with Gasteiger partial charge in [0.25, 0.3) is 5.91 Å². The fourth-order valence-electron chi connectivity index (χ4n) is 1.24. The largest absolute Gasteiger partial charge is 0.416 e. The normalized spacial score (nSPS) is 13.4. The molecule has 9 heteroatoms. The number of hydrogen-bond donors (Lipinski definition) is 2. The Balaban J connectivity index is 2.75. The van der Waals surface area contributed by atoms with E-state index in [9.17, 15) is 18.0 Å². The minimum Gasteiger partial charge on any atom is -0.382 e. The number of aromatic nitrogens is 2. The van der Waals surface area contributed by atoms with Crippen LogP contribution in [0.4, 0.5) is 13.2 Å². The molecule has 18 heavy (non-hydrogen) atoms. The second-order valence-corrected chi connectivity index (χ2v) is 4.36. The molecule has 0 spiro atoms. The summed E-state index contributed by atoms with van der Waals surface area (Å²) < 4.78 is 37.0. The summed E-state index contributed by atoms with van der Waals surface area (Å²) >= 11 is 3.04. The van der Waals surface area contributed by atoms with Crippen LogP contribution >= 0.6 is 15.9 Å². The van der Waals surface area contributed by atoms with Gasteiger partial charge in [-0.3, -0.25) is 9.89 Å². The van der Waals surface area contributed by atoms with Crippen LogP contribution in [-0.4, -0.2) is 51.5 Å². The molecule has 0 aliphatic heterocycles. The van der Waals surface area contributed by atoms with Gasteiger partial charge in [-0.1, -0.05) is 0 Å². The summed E-state index contributed by atoms with van der Waals surface area (Å²) in [4.78, 5) is 12.7. The zero-order valence-corrected chi connectivity index (χ0v) is 10.9.